The molecule has 5 heteroatoms. The molecule has 96 valence electrons. The minimum Gasteiger partial charge on any atom is -0.479 e. The van der Waals surface area contributed by atoms with E-state index < -0.39 is 18.2 Å². The van der Waals surface area contributed by atoms with E-state index in [9.17, 15) is 9.59 Å². The number of hydrogen-bond donors (Lipinski definition) is 2. The summed E-state index contributed by atoms with van der Waals surface area (Å²) in [5, 5.41) is 11.5. The molecule has 1 aromatic carbocycles. The van der Waals surface area contributed by atoms with Crippen LogP contribution in [0.15, 0.2) is 24.3 Å². The van der Waals surface area contributed by atoms with Crippen molar-refractivity contribution in [2.24, 2.45) is 0 Å². The molecule has 2 N–H and O–H groups in total. The van der Waals surface area contributed by atoms with Crippen LogP contribution in [0.5, 0.6) is 0 Å². The van der Waals surface area contributed by atoms with Crippen LogP contribution >= 0.6 is 0 Å². The Labute approximate surface area is 105 Å². The van der Waals surface area contributed by atoms with Gasteiger partial charge in [-0.15, -0.1) is 0 Å². The summed E-state index contributed by atoms with van der Waals surface area (Å²) in [6, 6.07) is 7.41. The van der Waals surface area contributed by atoms with Crippen LogP contribution < -0.4 is 5.32 Å². The zero-order valence-electron chi connectivity index (χ0n) is 10.1. The lowest BCUT2D eigenvalue weighted by atomic mass is 10.1. The number of nitrogens with one attached hydrogen (secondary N) is 1. The molecule has 0 aromatic heterocycles. The van der Waals surface area contributed by atoms with Crippen molar-refractivity contribution in [1.82, 2.24) is 0 Å². The van der Waals surface area contributed by atoms with Gasteiger partial charge in [0.1, 0.15) is 6.10 Å². The number of amides is 1. The van der Waals surface area contributed by atoms with Crippen molar-refractivity contribution in [1.29, 1.82) is 0 Å². The molecule has 1 aliphatic rings. The summed E-state index contributed by atoms with van der Waals surface area (Å²) in [6.07, 6.45) is -0.723. The second kappa shape index (κ2) is 5.18. The summed E-state index contributed by atoms with van der Waals surface area (Å²) in [5.41, 5.74) is 1.68. The molecule has 1 fully saturated rings. The summed E-state index contributed by atoms with van der Waals surface area (Å²) in [4.78, 5) is 22.6. The average molecular weight is 249 g/mol. The number of anilines is 1. The summed E-state index contributed by atoms with van der Waals surface area (Å²) < 4.78 is 5.19. The van der Waals surface area contributed by atoms with E-state index in [1.807, 2.05) is 25.1 Å². The normalized spacial score (nSPS) is 22.7. The lowest BCUT2D eigenvalue weighted by Crippen LogP contribution is -2.30. The highest BCUT2D eigenvalue weighted by Crippen LogP contribution is 2.22. The molecule has 0 aliphatic carbocycles. The number of hydrogen-bond acceptors (Lipinski definition) is 3. The van der Waals surface area contributed by atoms with Crippen molar-refractivity contribution >= 4 is 17.6 Å². The number of carbonyl (C=O) groups is 2. The number of aliphatic carboxylic acids is 1. The fourth-order valence-corrected chi connectivity index (χ4v) is 1.94. The fourth-order valence-electron chi connectivity index (χ4n) is 1.94. The van der Waals surface area contributed by atoms with Gasteiger partial charge in [-0.25, -0.2) is 4.79 Å². The molecule has 18 heavy (non-hydrogen) atoms. The standard InChI is InChI=1S/C13H15NO4/c1-8-4-2-3-5-9(8)14-12(15)10-6-7-11(18-10)13(16)17/h2-5,10-11H,6-7H2,1H3,(H,14,15)(H,16,17). The van der Waals surface area contributed by atoms with E-state index >= 15 is 0 Å². The maximum absolute atomic E-state index is 11.9. The van der Waals surface area contributed by atoms with Crippen molar-refractivity contribution < 1.29 is 19.4 Å². The minimum absolute atomic E-state index is 0.284. The van der Waals surface area contributed by atoms with E-state index in [-0.39, 0.29) is 5.91 Å². The van der Waals surface area contributed by atoms with Crippen LogP contribution in [-0.4, -0.2) is 29.2 Å². The lowest BCUT2D eigenvalue weighted by Gasteiger charge is -2.13. The Bertz CT molecular complexity index is 472. The van der Waals surface area contributed by atoms with Crippen LogP contribution in [0.1, 0.15) is 18.4 Å². The average Bonchev–Trinajstić information content (AvgIpc) is 2.81. The number of carbonyl (C=O) groups excluding carboxylic acids is 1. The third-order valence-corrected chi connectivity index (χ3v) is 2.99. The first-order valence-electron chi connectivity index (χ1n) is 5.82. The molecule has 0 radical (unpaired) electrons. The molecule has 0 saturated carbocycles. The molecule has 2 unspecified atom stereocenters. The van der Waals surface area contributed by atoms with E-state index in [0.717, 1.165) is 11.3 Å². The maximum atomic E-state index is 11.9. The Morgan fingerprint density at radius 2 is 1.94 bits per heavy atom. The van der Waals surface area contributed by atoms with Crippen molar-refractivity contribution in [3.8, 4) is 0 Å². The molecule has 1 aromatic rings. The summed E-state index contributed by atoms with van der Waals surface area (Å²) in [6.45, 7) is 1.89. The molecule has 2 atom stereocenters. The van der Waals surface area contributed by atoms with Gasteiger partial charge >= 0.3 is 5.97 Å². The molecular weight excluding hydrogens is 234 g/mol. The SMILES string of the molecule is Cc1ccccc1NC(=O)C1CCC(C(=O)O)O1. The highest BCUT2D eigenvalue weighted by molar-refractivity contribution is 5.95. The van der Waals surface area contributed by atoms with Gasteiger partial charge in [0.15, 0.2) is 6.10 Å². The van der Waals surface area contributed by atoms with Crippen molar-refractivity contribution in [3.05, 3.63) is 29.8 Å². The van der Waals surface area contributed by atoms with Crippen LogP contribution in [0.25, 0.3) is 0 Å². The van der Waals surface area contributed by atoms with Crippen LogP contribution in [0.4, 0.5) is 5.69 Å². The van der Waals surface area contributed by atoms with Crippen LogP contribution in [-0.2, 0) is 14.3 Å². The molecule has 5 nitrogen and oxygen atoms in total. The Morgan fingerprint density at radius 3 is 2.56 bits per heavy atom. The van der Waals surface area contributed by atoms with E-state index in [0.29, 0.717) is 12.8 Å². The number of rotatable bonds is 3. The Hall–Kier alpha value is -1.88. The second-order valence-corrected chi connectivity index (χ2v) is 4.33. The number of aryl methyl sites for hydroxylation is 1. The maximum Gasteiger partial charge on any atom is 0.332 e. The highest BCUT2D eigenvalue weighted by Gasteiger charge is 2.34. The minimum atomic E-state index is -1.01. The quantitative estimate of drug-likeness (QED) is 0.852. The van der Waals surface area contributed by atoms with Gasteiger partial charge in [-0.2, -0.15) is 0 Å². The van der Waals surface area contributed by atoms with Gasteiger partial charge in [-0.05, 0) is 31.4 Å². The largest absolute Gasteiger partial charge is 0.479 e. The predicted octanol–water partition coefficient (Wildman–Crippen LogP) is 1.57. The summed E-state index contributed by atoms with van der Waals surface area (Å²) in [5.74, 6) is -1.30. The van der Waals surface area contributed by atoms with E-state index in [1.165, 1.54) is 0 Å². The summed E-state index contributed by atoms with van der Waals surface area (Å²) >= 11 is 0. The van der Waals surface area contributed by atoms with E-state index in [4.69, 9.17) is 9.84 Å². The van der Waals surface area contributed by atoms with Gasteiger partial charge in [0.25, 0.3) is 5.91 Å². The number of ether oxygens (including phenoxy) is 1. The Kier molecular flexibility index (Phi) is 3.62. The van der Waals surface area contributed by atoms with E-state index in [2.05, 4.69) is 5.32 Å². The third kappa shape index (κ3) is 2.68. The lowest BCUT2D eigenvalue weighted by molar-refractivity contribution is -0.150. The summed E-state index contributed by atoms with van der Waals surface area (Å²) in [7, 11) is 0. The molecule has 1 aliphatic heterocycles. The van der Waals surface area contributed by atoms with Gasteiger partial charge in [0, 0.05) is 5.69 Å². The monoisotopic (exact) mass is 249 g/mol. The highest BCUT2D eigenvalue weighted by atomic mass is 16.5. The molecule has 1 amide bonds. The Balaban J connectivity index is 1.98. The fraction of sp³-hybridized carbons (Fsp3) is 0.385. The number of benzene rings is 1. The van der Waals surface area contributed by atoms with Gasteiger partial charge in [0.2, 0.25) is 0 Å². The molecule has 0 spiro atoms. The first-order chi connectivity index (χ1) is 8.58. The number of para-hydroxylation sites is 1. The molecular formula is C13H15NO4. The van der Waals surface area contributed by atoms with Crippen molar-refractivity contribution in [2.75, 3.05) is 5.32 Å². The Morgan fingerprint density at radius 1 is 1.28 bits per heavy atom. The van der Waals surface area contributed by atoms with Gasteiger partial charge < -0.3 is 15.2 Å². The number of carboxylic acids is 1. The van der Waals surface area contributed by atoms with E-state index in [1.54, 1.807) is 6.07 Å². The van der Waals surface area contributed by atoms with Gasteiger partial charge in [-0.3, -0.25) is 4.79 Å². The first kappa shape index (κ1) is 12.6. The van der Waals surface area contributed by atoms with Crippen molar-refractivity contribution in [3.63, 3.8) is 0 Å². The molecule has 1 saturated heterocycles. The number of carboxylic acid groups (broad SMARTS) is 1. The van der Waals surface area contributed by atoms with Gasteiger partial charge in [-0.1, -0.05) is 18.2 Å². The zero-order valence-corrected chi connectivity index (χ0v) is 10.1. The first-order valence-corrected chi connectivity index (χ1v) is 5.82. The smallest absolute Gasteiger partial charge is 0.332 e. The predicted molar refractivity (Wildman–Crippen MR) is 65.3 cm³/mol. The molecule has 2 rings (SSSR count). The topological polar surface area (TPSA) is 75.6 Å². The van der Waals surface area contributed by atoms with Crippen LogP contribution in [0.2, 0.25) is 0 Å². The molecule has 1 heterocycles. The zero-order chi connectivity index (χ0) is 13.1. The second-order valence-electron chi connectivity index (χ2n) is 4.33. The van der Waals surface area contributed by atoms with Gasteiger partial charge in [0.05, 0.1) is 0 Å². The van der Waals surface area contributed by atoms with Crippen LogP contribution in [0, 0.1) is 6.92 Å². The molecule has 0 bridgehead atoms. The third-order valence-electron chi connectivity index (χ3n) is 2.99. The van der Waals surface area contributed by atoms with Crippen LogP contribution in [0.3, 0.4) is 0 Å². The van der Waals surface area contributed by atoms with Crippen molar-refractivity contribution in [2.45, 2.75) is 32.0 Å².